The molecule has 0 N–H and O–H groups in total. The van der Waals surface area contributed by atoms with Crippen molar-refractivity contribution in [2.45, 2.75) is 0 Å². The van der Waals surface area contributed by atoms with E-state index < -0.39 is 0 Å². The monoisotopic (exact) mass is 191 g/mol. The predicted octanol–water partition coefficient (Wildman–Crippen LogP) is 1.37. The van der Waals surface area contributed by atoms with Gasteiger partial charge < -0.3 is 9.84 Å². The summed E-state index contributed by atoms with van der Waals surface area (Å²) in [7, 11) is 0. The summed E-state index contributed by atoms with van der Waals surface area (Å²) < 4.78 is 4.26. The summed E-state index contributed by atoms with van der Waals surface area (Å²) in [6, 6.07) is 8.73. The Morgan fingerprint density at radius 1 is 1.36 bits per heavy atom. The number of nitroso groups, excluding NO2 is 1. The topological polar surface area (TPSA) is 82.4 Å². The minimum Gasteiger partial charge on any atom is -0.390 e. The highest BCUT2D eigenvalue weighted by molar-refractivity contribution is 5.66. The molecule has 70 valence electrons. The van der Waals surface area contributed by atoms with Crippen molar-refractivity contribution in [1.29, 1.82) is 0 Å². The standard InChI is InChI=1S/C8H5N3O3/c12-9-8-7(10-14-11(8)13)6-4-2-1-3-5-6/h1-5H. The molecule has 0 spiro atoms. The maximum absolute atomic E-state index is 10.8. The number of hydrogen-bond acceptors (Lipinski definition) is 5. The van der Waals surface area contributed by atoms with Gasteiger partial charge in [0.1, 0.15) is 5.18 Å². The Bertz CT molecular complexity index is 452. The van der Waals surface area contributed by atoms with E-state index in [0.29, 0.717) is 5.56 Å². The summed E-state index contributed by atoms with van der Waals surface area (Å²) in [4.78, 5) is 10.3. The SMILES string of the molecule is O=Nc1c(-c2ccccc2)no[n+]1[O-]. The average Bonchev–Trinajstić information content (AvgIpc) is 2.61. The summed E-state index contributed by atoms with van der Waals surface area (Å²) in [6.07, 6.45) is 0. The van der Waals surface area contributed by atoms with Gasteiger partial charge >= 0.3 is 5.82 Å². The van der Waals surface area contributed by atoms with E-state index in [0.717, 1.165) is 0 Å². The van der Waals surface area contributed by atoms with Crippen molar-refractivity contribution in [2.24, 2.45) is 5.18 Å². The van der Waals surface area contributed by atoms with Crippen molar-refractivity contribution in [3.63, 3.8) is 0 Å². The van der Waals surface area contributed by atoms with Gasteiger partial charge in [0.2, 0.25) is 5.69 Å². The molecule has 0 fully saturated rings. The highest BCUT2D eigenvalue weighted by Crippen LogP contribution is 2.24. The van der Waals surface area contributed by atoms with Crippen LogP contribution in [0.3, 0.4) is 0 Å². The molecule has 0 amide bonds. The summed E-state index contributed by atoms with van der Waals surface area (Å²) >= 11 is 0. The van der Waals surface area contributed by atoms with Crippen LogP contribution >= 0.6 is 0 Å². The molecular formula is C8H5N3O3. The van der Waals surface area contributed by atoms with Crippen LogP contribution in [0.2, 0.25) is 0 Å². The molecule has 0 aliphatic carbocycles. The molecule has 0 aliphatic heterocycles. The molecule has 1 heterocycles. The lowest BCUT2D eigenvalue weighted by Gasteiger charge is -1.89. The van der Waals surface area contributed by atoms with Gasteiger partial charge in [-0.25, -0.2) is 0 Å². The molecule has 0 aliphatic rings. The van der Waals surface area contributed by atoms with Crippen molar-refractivity contribution in [2.75, 3.05) is 0 Å². The number of rotatable bonds is 2. The van der Waals surface area contributed by atoms with E-state index in [4.69, 9.17) is 0 Å². The Morgan fingerprint density at radius 3 is 2.71 bits per heavy atom. The van der Waals surface area contributed by atoms with Crippen LogP contribution in [0.1, 0.15) is 0 Å². The smallest absolute Gasteiger partial charge is 0.390 e. The van der Waals surface area contributed by atoms with Gasteiger partial charge in [0, 0.05) is 5.56 Å². The summed E-state index contributed by atoms with van der Waals surface area (Å²) in [6.45, 7) is 0. The van der Waals surface area contributed by atoms with Crippen molar-refractivity contribution >= 4 is 5.82 Å². The van der Waals surface area contributed by atoms with Gasteiger partial charge in [0.25, 0.3) is 0 Å². The summed E-state index contributed by atoms with van der Waals surface area (Å²) in [5.74, 6) is -0.365. The van der Waals surface area contributed by atoms with Crippen LogP contribution in [-0.4, -0.2) is 5.16 Å². The first-order valence-corrected chi connectivity index (χ1v) is 3.81. The molecule has 1 aromatic carbocycles. The summed E-state index contributed by atoms with van der Waals surface area (Å²) in [5, 5.41) is 16.8. The fourth-order valence-corrected chi connectivity index (χ4v) is 1.10. The number of benzene rings is 1. The van der Waals surface area contributed by atoms with Crippen molar-refractivity contribution in [3.05, 3.63) is 40.4 Å². The quantitative estimate of drug-likeness (QED) is 0.530. The molecule has 0 saturated carbocycles. The Kier molecular flexibility index (Phi) is 1.94. The van der Waals surface area contributed by atoms with E-state index >= 15 is 0 Å². The molecule has 14 heavy (non-hydrogen) atoms. The van der Waals surface area contributed by atoms with Crippen molar-refractivity contribution < 1.29 is 9.53 Å². The van der Waals surface area contributed by atoms with Crippen LogP contribution < -0.4 is 4.90 Å². The lowest BCUT2D eigenvalue weighted by molar-refractivity contribution is -0.791. The first-order chi connectivity index (χ1) is 6.83. The van der Waals surface area contributed by atoms with Gasteiger partial charge in [-0.1, -0.05) is 40.1 Å². The Hall–Kier alpha value is -2.24. The highest BCUT2D eigenvalue weighted by atomic mass is 16.8. The molecule has 1 aromatic heterocycles. The Balaban J connectivity index is 2.57. The van der Waals surface area contributed by atoms with Gasteiger partial charge in [-0.05, 0) is 5.16 Å². The van der Waals surface area contributed by atoms with E-state index in [2.05, 4.69) is 15.0 Å². The molecule has 0 radical (unpaired) electrons. The number of nitrogens with zero attached hydrogens (tertiary/aromatic N) is 3. The Morgan fingerprint density at radius 2 is 2.07 bits per heavy atom. The van der Waals surface area contributed by atoms with Gasteiger partial charge in [-0.15, -0.1) is 0 Å². The van der Waals surface area contributed by atoms with Gasteiger partial charge in [0.15, 0.2) is 0 Å². The fourth-order valence-electron chi connectivity index (χ4n) is 1.10. The lowest BCUT2D eigenvalue weighted by atomic mass is 10.1. The molecule has 6 heteroatoms. The van der Waals surface area contributed by atoms with E-state index in [1.165, 1.54) is 0 Å². The van der Waals surface area contributed by atoms with E-state index in [1.807, 2.05) is 6.07 Å². The maximum Gasteiger partial charge on any atom is 0.390 e. The third-order valence-corrected chi connectivity index (χ3v) is 1.72. The molecule has 0 saturated heterocycles. The normalized spacial score (nSPS) is 10.0. The minimum atomic E-state index is -0.365. The average molecular weight is 191 g/mol. The van der Waals surface area contributed by atoms with Crippen molar-refractivity contribution in [3.8, 4) is 11.3 Å². The molecule has 0 atom stereocenters. The lowest BCUT2D eigenvalue weighted by Crippen LogP contribution is -2.21. The van der Waals surface area contributed by atoms with Gasteiger partial charge in [-0.3, -0.25) is 0 Å². The van der Waals surface area contributed by atoms with E-state index in [1.54, 1.807) is 24.3 Å². The predicted molar refractivity (Wildman–Crippen MR) is 46.4 cm³/mol. The fraction of sp³-hybridized carbons (Fsp3) is 0. The van der Waals surface area contributed by atoms with Crippen LogP contribution in [0.5, 0.6) is 0 Å². The van der Waals surface area contributed by atoms with Crippen LogP contribution in [0.25, 0.3) is 11.3 Å². The number of aromatic nitrogens is 2. The third-order valence-electron chi connectivity index (χ3n) is 1.72. The molecule has 2 rings (SSSR count). The second kappa shape index (κ2) is 3.25. The molecule has 0 bridgehead atoms. The summed E-state index contributed by atoms with van der Waals surface area (Å²) in [5.41, 5.74) is 0.760. The van der Waals surface area contributed by atoms with Crippen LogP contribution in [0, 0.1) is 10.1 Å². The zero-order valence-corrected chi connectivity index (χ0v) is 6.95. The zero-order valence-electron chi connectivity index (χ0n) is 6.95. The third kappa shape index (κ3) is 1.22. The van der Waals surface area contributed by atoms with E-state index in [-0.39, 0.29) is 16.4 Å². The second-order valence-electron chi connectivity index (χ2n) is 2.56. The van der Waals surface area contributed by atoms with Crippen LogP contribution in [0.4, 0.5) is 5.82 Å². The van der Waals surface area contributed by atoms with Gasteiger partial charge in [0.05, 0.1) is 0 Å². The molecular weight excluding hydrogens is 186 g/mol. The molecule has 6 nitrogen and oxygen atoms in total. The first kappa shape index (κ1) is 8.36. The first-order valence-electron chi connectivity index (χ1n) is 3.81. The van der Waals surface area contributed by atoms with Crippen LogP contribution in [0.15, 0.2) is 40.1 Å². The molecule has 0 unspecified atom stereocenters. The largest absolute Gasteiger partial charge is 0.390 e. The van der Waals surface area contributed by atoms with Gasteiger partial charge in [-0.2, -0.15) is 0 Å². The van der Waals surface area contributed by atoms with E-state index in [9.17, 15) is 10.1 Å². The second-order valence-corrected chi connectivity index (χ2v) is 2.56. The molecule has 2 aromatic rings. The number of hydrogen-bond donors (Lipinski definition) is 0. The Labute approximate surface area is 78.3 Å². The zero-order chi connectivity index (χ0) is 9.97. The van der Waals surface area contributed by atoms with Crippen LogP contribution in [-0.2, 0) is 0 Å². The van der Waals surface area contributed by atoms with Crippen molar-refractivity contribution in [1.82, 2.24) is 5.16 Å². The maximum atomic E-state index is 10.8. The minimum absolute atomic E-state index is 0.0185. The highest BCUT2D eigenvalue weighted by Gasteiger charge is 2.20.